The lowest BCUT2D eigenvalue weighted by molar-refractivity contribution is 0.0601. The van der Waals surface area contributed by atoms with Crippen LogP contribution in [0.2, 0.25) is 5.02 Å². The Morgan fingerprint density at radius 3 is 2.85 bits per heavy atom. The minimum absolute atomic E-state index is 0.390. The van der Waals surface area contributed by atoms with E-state index >= 15 is 0 Å². The van der Waals surface area contributed by atoms with E-state index in [1.54, 1.807) is 12.1 Å². The SMILES string of the molecule is COC(=O)c1ccc2c(c1)nc(Nc1cccc(Cl)c1)c1c(C)nsc12. The number of anilines is 2. The van der Waals surface area contributed by atoms with E-state index in [4.69, 9.17) is 21.3 Å². The number of methoxy groups -OCH3 is 1. The van der Waals surface area contributed by atoms with Gasteiger partial charge in [-0.15, -0.1) is 0 Å². The summed E-state index contributed by atoms with van der Waals surface area (Å²) in [5.74, 6) is 0.293. The lowest BCUT2D eigenvalue weighted by Crippen LogP contribution is -2.01. The molecule has 0 atom stereocenters. The molecule has 0 aliphatic rings. The average molecular weight is 384 g/mol. The van der Waals surface area contributed by atoms with Gasteiger partial charge in [0.1, 0.15) is 5.82 Å². The molecule has 130 valence electrons. The number of carbonyl (C=O) groups excluding carboxylic acids is 1. The van der Waals surface area contributed by atoms with E-state index in [9.17, 15) is 4.79 Å². The molecule has 0 radical (unpaired) electrons. The third-order valence-electron chi connectivity index (χ3n) is 4.08. The predicted molar refractivity (Wildman–Crippen MR) is 106 cm³/mol. The first-order valence-electron chi connectivity index (χ1n) is 7.87. The van der Waals surface area contributed by atoms with Crippen molar-refractivity contribution in [1.29, 1.82) is 0 Å². The zero-order valence-electron chi connectivity index (χ0n) is 14.0. The van der Waals surface area contributed by atoms with Crippen LogP contribution in [-0.2, 0) is 4.74 Å². The highest BCUT2D eigenvalue weighted by molar-refractivity contribution is 7.14. The Labute approximate surface area is 158 Å². The predicted octanol–water partition coefficient (Wildman–Crippen LogP) is 5.34. The number of carbonyl (C=O) groups is 1. The third-order valence-corrected chi connectivity index (χ3v) is 5.29. The maximum atomic E-state index is 11.8. The zero-order chi connectivity index (χ0) is 18.3. The number of nitrogens with zero attached hydrogens (tertiary/aromatic N) is 2. The molecule has 2 heterocycles. The summed E-state index contributed by atoms with van der Waals surface area (Å²) in [6.07, 6.45) is 0. The number of nitrogens with one attached hydrogen (secondary N) is 1. The first-order chi connectivity index (χ1) is 12.6. The normalized spacial score (nSPS) is 11.0. The number of ether oxygens (including phenoxy) is 1. The second-order valence-electron chi connectivity index (χ2n) is 5.79. The Kier molecular flexibility index (Phi) is 4.22. The molecular weight excluding hydrogens is 370 g/mol. The molecule has 5 nitrogen and oxygen atoms in total. The van der Waals surface area contributed by atoms with Gasteiger partial charge in [0.15, 0.2) is 0 Å². The number of fused-ring (bicyclic) bond motifs is 3. The molecule has 0 fully saturated rings. The van der Waals surface area contributed by atoms with Gasteiger partial charge in [-0.25, -0.2) is 9.78 Å². The van der Waals surface area contributed by atoms with Crippen molar-refractivity contribution >= 4 is 61.6 Å². The van der Waals surface area contributed by atoms with Gasteiger partial charge in [0.05, 0.1) is 34.0 Å². The van der Waals surface area contributed by atoms with Crippen LogP contribution in [-0.4, -0.2) is 22.4 Å². The van der Waals surface area contributed by atoms with Crippen molar-refractivity contribution in [2.75, 3.05) is 12.4 Å². The second kappa shape index (κ2) is 6.55. The van der Waals surface area contributed by atoms with E-state index in [2.05, 4.69) is 9.69 Å². The van der Waals surface area contributed by atoms with Crippen LogP contribution in [0.15, 0.2) is 42.5 Å². The van der Waals surface area contributed by atoms with Crippen LogP contribution in [0.4, 0.5) is 11.5 Å². The van der Waals surface area contributed by atoms with Crippen LogP contribution in [0.1, 0.15) is 16.1 Å². The number of hydrogen-bond acceptors (Lipinski definition) is 6. The van der Waals surface area contributed by atoms with Crippen molar-refractivity contribution in [3.05, 3.63) is 58.7 Å². The van der Waals surface area contributed by atoms with Gasteiger partial charge in [-0.2, -0.15) is 4.37 Å². The van der Waals surface area contributed by atoms with Crippen LogP contribution in [0.3, 0.4) is 0 Å². The molecule has 0 saturated carbocycles. The summed E-state index contributed by atoms with van der Waals surface area (Å²) in [5, 5.41) is 5.88. The van der Waals surface area contributed by atoms with Crippen LogP contribution in [0, 0.1) is 6.92 Å². The van der Waals surface area contributed by atoms with E-state index in [0.717, 1.165) is 26.9 Å². The zero-order valence-corrected chi connectivity index (χ0v) is 15.6. The summed E-state index contributed by atoms with van der Waals surface area (Å²) in [5.41, 5.74) is 2.90. The van der Waals surface area contributed by atoms with Crippen LogP contribution in [0.5, 0.6) is 0 Å². The Bertz CT molecular complexity index is 1160. The molecule has 4 aromatic rings. The number of benzene rings is 2. The van der Waals surface area contributed by atoms with Crippen molar-refractivity contribution in [2.24, 2.45) is 0 Å². The monoisotopic (exact) mass is 383 g/mol. The number of aryl methyl sites for hydroxylation is 1. The van der Waals surface area contributed by atoms with Crippen molar-refractivity contribution in [2.45, 2.75) is 6.92 Å². The standard InChI is InChI=1S/C19H14ClN3O2S/c1-10-16-17(26-23-10)14-7-6-11(19(24)25-2)8-15(14)22-18(16)21-13-5-3-4-12(20)9-13/h3-9H,1-2H3,(H,21,22). The number of hydrogen-bond donors (Lipinski definition) is 1. The number of halogens is 1. The first-order valence-corrected chi connectivity index (χ1v) is 9.02. The molecule has 0 amide bonds. The van der Waals surface area contributed by atoms with Crippen molar-refractivity contribution in [3.63, 3.8) is 0 Å². The van der Waals surface area contributed by atoms with Crippen LogP contribution in [0.25, 0.3) is 21.0 Å². The Balaban J connectivity index is 1.94. The van der Waals surface area contributed by atoms with Gasteiger partial charge < -0.3 is 10.1 Å². The molecule has 1 N–H and O–H groups in total. The van der Waals surface area contributed by atoms with Gasteiger partial charge in [0, 0.05) is 16.1 Å². The lowest BCUT2D eigenvalue weighted by atomic mass is 10.1. The smallest absolute Gasteiger partial charge is 0.337 e. The fourth-order valence-electron chi connectivity index (χ4n) is 2.86. The molecule has 7 heteroatoms. The summed E-state index contributed by atoms with van der Waals surface area (Å²) in [6.45, 7) is 1.96. The molecule has 2 aromatic carbocycles. The molecule has 0 unspecified atom stereocenters. The summed E-state index contributed by atoms with van der Waals surface area (Å²) in [6, 6.07) is 12.8. The first kappa shape index (κ1) is 16.8. The van der Waals surface area contributed by atoms with Gasteiger partial charge in [-0.3, -0.25) is 0 Å². The van der Waals surface area contributed by atoms with Gasteiger partial charge >= 0.3 is 5.97 Å². The maximum absolute atomic E-state index is 11.8. The molecule has 26 heavy (non-hydrogen) atoms. The summed E-state index contributed by atoms with van der Waals surface area (Å²) in [7, 11) is 1.36. The molecule has 0 aliphatic heterocycles. The van der Waals surface area contributed by atoms with E-state index in [0.29, 0.717) is 21.9 Å². The molecule has 0 bridgehead atoms. The Morgan fingerprint density at radius 2 is 2.08 bits per heavy atom. The molecule has 0 saturated heterocycles. The fraction of sp³-hybridized carbons (Fsp3) is 0.105. The van der Waals surface area contributed by atoms with E-state index < -0.39 is 5.97 Å². The highest BCUT2D eigenvalue weighted by Crippen LogP contribution is 2.36. The largest absolute Gasteiger partial charge is 0.465 e. The van der Waals surface area contributed by atoms with Gasteiger partial charge in [-0.05, 0) is 48.8 Å². The quantitative estimate of drug-likeness (QED) is 0.484. The van der Waals surface area contributed by atoms with Crippen LogP contribution < -0.4 is 5.32 Å². The van der Waals surface area contributed by atoms with Crippen LogP contribution >= 0.6 is 23.1 Å². The van der Waals surface area contributed by atoms with Crippen molar-refractivity contribution in [1.82, 2.24) is 9.36 Å². The van der Waals surface area contributed by atoms with E-state index in [-0.39, 0.29) is 0 Å². The number of esters is 1. The number of aromatic nitrogens is 2. The molecule has 2 aromatic heterocycles. The summed E-state index contributed by atoms with van der Waals surface area (Å²) < 4.78 is 10.3. The second-order valence-corrected chi connectivity index (χ2v) is 7.00. The Morgan fingerprint density at radius 1 is 1.23 bits per heavy atom. The van der Waals surface area contributed by atoms with Crippen molar-refractivity contribution in [3.8, 4) is 0 Å². The summed E-state index contributed by atoms with van der Waals surface area (Å²) in [4.78, 5) is 16.6. The van der Waals surface area contributed by atoms with Gasteiger partial charge in [-0.1, -0.05) is 23.7 Å². The third kappa shape index (κ3) is 2.87. The topological polar surface area (TPSA) is 64.1 Å². The molecule has 0 spiro atoms. The highest BCUT2D eigenvalue weighted by atomic mass is 35.5. The van der Waals surface area contributed by atoms with E-state index in [1.807, 2.05) is 37.3 Å². The van der Waals surface area contributed by atoms with E-state index in [1.165, 1.54) is 18.6 Å². The molecular formula is C19H14ClN3O2S. The van der Waals surface area contributed by atoms with Crippen molar-refractivity contribution < 1.29 is 9.53 Å². The lowest BCUT2D eigenvalue weighted by Gasteiger charge is -2.10. The highest BCUT2D eigenvalue weighted by Gasteiger charge is 2.16. The number of pyridine rings is 1. The Hall–Kier alpha value is -2.70. The maximum Gasteiger partial charge on any atom is 0.337 e. The minimum Gasteiger partial charge on any atom is -0.465 e. The van der Waals surface area contributed by atoms with Gasteiger partial charge in [0.25, 0.3) is 0 Å². The fourth-order valence-corrected chi connectivity index (χ4v) is 3.98. The molecule has 4 rings (SSSR count). The summed E-state index contributed by atoms with van der Waals surface area (Å²) >= 11 is 7.50. The molecule has 0 aliphatic carbocycles. The minimum atomic E-state index is -0.390. The van der Waals surface area contributed by atoms with Gasteiger partial charge in [0.2, 0.25) is 0 Å². The number of rotatable bonds is 3. The average Bonchev–Trinajstić information content (AvgIpc) is 3.03.